The summed E-state index contributed by atoms with van der Waals surface area (Å²) in [5.41, 5.74) is 3.03. The molecular weight excluding hydrogens is 398 g/mol. The van der Waals surface area contributed by atoms with Gasteiger partial charge in [-0.15, -0.1) is 0 Å². The third-order valence-electron chi connectivity index (χ3n) is 6.02. The van der Waals surface area contributed by atoms with Crippen LogP contribution in [0.15, 0.2) is 24.3 Å². The van der Waals surface area contributed by atoms with Gasteiger partial charge in [0.1, 0.15) is 6.04 Å². The summed E-state index contributed by atoms with van der Waals surface area (Å²) < 4.78 is 1.04. The van der Waals surface area contributed by atoms with Crippen LogP contribution in [0.4, 0.5) is 5.13 Å². The molecule has 1 aliphatic heterocycles. The number of fused-ring (bicyclic) bond motifs is 2. The van der Waals surface area contributed by atoms with Crippen LogP contribution in [0.3, 0.4) is 0 Å². The molecule has 6 nitrogen and oxygen atoms in total. The largest absolute Gasteiger partial charge is 0.300 e. The van der Waals surface area contributed by atoms with Crippen molar-refractivity contribution in [2.75, 3.05) is 5.32 Å². The fourth-order valence-electron chi connectivity index (χ4n) is 4.41. The number of rotatable bonds is 5. The van der Waals surface area contributed by atoms with Gasteiger partial charge < -0.3 is 5.32 Å². The predicted octanol–water partition coefficient (Wildman–Crippen LogP) is 4.22. The average molecular weight is 426 g/mol. The van der Waals surface area contributed by atoms with Crippen LogP contribution in [0.5, 0.6) is 0 Å². The van der Waals surface area contributed by atoms with Gasteiger partial charge in [0, 0.05) is 0 Å². The first-order valence-corrected chi connectivity index (χ1v) is 11.3. The minimum atomic E-state index is -0.815. The van der Waals surface area contributed by atoms with E-state index in [1.54, 1.807) is 0 Å². The average Bonchev–Trinajstić information content (AvgIpc) is 3.24. The molecule has 2 heterocycles. The summed E-state index contributed by atoms with van der Waals surface area (Å²) in [6.07, 6.45) is 5.48. The van der Waals surface area contributed by atoms with Gasteiger partial charge in [0.05, 0.1) is 22.1 Å². The van der Waals surface area contributed by atoms with Crippen molar-refractivity contribution in [3.63, 3.8) is 0 Å². The fourth-order valence-corrected chi connectivity index (χ4v) is 5.43. The van der Waals surface area contributed by atoms with E-state index in [0.29, 0.717) is 24.4 Å². The summed E-state index contributed by atoms with van der Waals surface area (Å²) in [6.45, 7) is 7.99. The SMILES string of the molecule is Cc1ccc(C)c2sc(NC(=O)[C@H](CC(C)C)N3C(=O)[C@@H]4CC=CC[C@H]4C3=O)nc12. The van der Waals surface area contributed by atoms with Gasteiger partial charge in [-0.05, 0) is 50.2 Å². The number of hydrogen-bond acceptors (Lipinski definition) is 5. The van der Waals surface area contributed by atoms with E-state index in [2.05, 4.69) is 10.3 Å². The number of imide groups is 1. The topological polar surface area (TPSA) is 79.4 Å². The fraction of sp³-hybridized carbons (Fsp3) is 0.478. The molecule has 2 aromatic rings. The monoisotopic (exact) mass is 425 g/mol. The van der Waals surface area contributed by atoms with Crippen LogP contribution in [0.1, 0.15) is 44.2 Å². The molecule has 1 N–H and O–H groups in total. The van der Waals surface area contributed by atoms with Crippen LogP contribution in [0.2, 0.25) is 0 Å². The maximum Gasteiger partial charge on any atom is 0.249 e. The van der Waals surface area contributed by atoms with E-state index in [9.17, 15) is 14.4 Å². The highest BCUT2D eigenvalue weighted by molar-refractivity contribution is 7.22. The predicted molar refractivity (Wildman–Crippen MR) is 118 cm³/mol. The van der Waals surface area contributed by atoms with Gasteiger partial charge in [0.2, 0.25) is 17.7 Å². The Morgan fingerprint density at radius 1 is 1.13 bits per heavy atom. The highest BCUT2D eigenvalue weighted by Gasteiger charge is 2.51. The molecule has 1 aromatic carbocycles. The van der Waals surface area contributed by atoms with Gasteiger partial charge in [-0.3, -0.25) is 19.3 Å². The number of thiazole rings is 1. The summed E-state index contributed by atoms with van der Waals surface area (Å²) >= 11 is 1.43. The van der Waals surface area contributed by atoms with Crippen molar-refractivity contribution >= 4 is 44.4 Å². The number of hydrogen-bond donors (Lipinski definition) is 1. The molecule has 1 aromatic heterocycles. The molecule has 0 saturated carbocycles. The van der Waals surface area contributed by atoms with Crippen LogP contribution in [-0.4, -0.2) is 33.6 Å². The van der Waals surface area contributed by atoms with Crippen LogP contribution in [0.25, 0.3) is 10.2 Å². The van der Waals surface area contributed by atoms with Crippen molar-refractivity contribution in [3.8, 4) is 0 Å². The Morgan fingerprint density at radius 3 is 2.30 bits per heavy atom. The third kappa shape index (κ3) is 3.55. The molecule has 1 aliphatic carbocycles. The van der Waals surface area contributed by atoms with Crippen molar-refractivity contribution in [3.05, 3.63) is 35.4 Å². The Morgan fingerprint density at radius 2 is 1.73 bits per heavy atom. The van der Waals surface area contributed by atoms with Crippen molar-refractivity contribution < 1.29 is 14.4 Å². The number of aromatic nitrogens is 1. The maximum absolute atomic E-state index is 13.3. The minimum absolute atomic E-state index is 0.155. The Hall–Kier alpha value is -2.54. The number of nitrogens with one attached hydrogen (secondary N) is 1. The second kappa shape index (κ2) is 7.95. The summed E-state index contributed by atoms with van der Waals surface area (Å²) in [5.74, 6) is -1.29. The van der Waals surface area contributed by atoms with Crippen molar-refractivity contribution in [2.45, 2.75) is 53.0 Å². The first-order valence-electron chi connectivity index (χ1n) is 10.5. The van der Waals surface area contributed by atoms with Gasteiger partial charge in [0.25, 0.3) is 0 Å². The molecule has 1 saturated heterocycles. The van der Waals surface area contributed by atoms with Crippen LogP contribution >= 0.6 is 11.3 Å². The molecule has 158 valence electrons. The Labute approximate surface area is 180 Å². The quantitative estimate of drug-likeness (QED) is 0.575. The molecule has 4 rings (SSSR count). The summed E-state index contributed by atoms with van der Waals surface area (Å²) in [7, 11) is 0. The van der Waals surface area contributed by atoms with Gasteiger partial charge in [-0.2, -0.15) is 0 Å². The third-order valence-corrected chi connectivity index (χ3v) is 7.13. The first kappa shape index (κ1) is 20.7. The molecule has 0 unspecified atom stereocenters. The molecule has 0 bridgehead atoms. The normalized spacial score (nSPS) is 22.1. The van der Waals surface area contributed by atoms with Crippen LogP contribution in [-0.2, 0) is 14.4 Å². The lowest BCUT2D eigenvalue weighted by atomic mass is 9.85. The highest BCUT2D eigenvalue weighted by atomic mass is 32.1. The van der Waals surface area contributed by atoms with Crippen LogP contribution in [0, 0.1) is 31.6 Å². The number of carbonyl (C=O) groups is 3. The molecule has 3 amide bonds. The number of amides is 3. The standard InChI is InChI=1S/C23H27N3O3S/c1-12(2)11-17(26-21(28)15-7-5-6-8-16(15)22(26)29)20(27)25-23-24-18-13(3)9-10-14(4)19(18)30-23/h5-6,9-10,12,15-17H,7-8,11H2,1-4H3,(H,24,25,27)/t15-,16-,17+/m1/s1. The zero-order chi connectivity index (χ0) is 21.6. The highest BCUT2D eigenvalue weighted by Crippen LogP contribution is 2.37. The molecule has 3 atom stereocenters. The smallest absolute Gasteiger partial charge is 0.249 e. The first-order chi connectivity index (χ1) is 14.3. The Kier molecular flexibility index (Phi) is 5.49. The van der Waals surface area contributed by atoms with Gasteiger partial charge in [-0.1, -0.05) is 49.5 Å². The number of aryl methyl sites for hydroxylation is 2. The number of anilines is 1. The zero-order valence-corrected chi connectivity index (χ0v) is 18.6. The molecule has 0 radical (unpaired) electrons. The lowest BCUT2D eigenvalue weighted by Crippen LogP contribution is -2.48. The number of nitrogens with zero attached hydrogens (tertiary/aromatic N) is 2. The Bertz CT molecular complexity index is 990. The Balaban J connectivity index is 1.62. The summed E-state index contributed by atoms with van der Waals surface area (Å²) in [4.78, 5) is 45.2. The molecule has 7 heteroatoms. The van der Waals surface area contributed by atoms with Gasteiger partial charge in [0.15, 0.2) is 5.13 Å². The number of carbonyl (C=O) groups excluding carboxylic acids is 3. The van der Waals surface area contributed by atoms with Gasteiger partial charge >= 0.3 is 0 Å². The van der Waals surface area contributed by atoms with Gasteiger partial charge in [-0.25, -0.2) is 4.98 Å². The number of allylic oxidation sites excluding steroid dienone is 2. The molecular formula is C23H27N3O3S. The second-order valence-corrected chi connectivity index (χ2v) is 9.73. The van der Waals surface area contributed by atoms with E-state index in [-0.39, 0.29) is 35.5 Å². The number of likely N-dealkylation sites (tertiary alicyclic amines) is 1. The van der Waals surface area contributed by atoms with E-state index < -0.39 is 6.04 Å². The molecule has 0 spiro atoms. The van der Waals surface area contributed by atoms with E-state index in [4.69, 9.17) is 0 Å². The molecule has 2 aliphatic rings. The van der Waals surface area contributed by atoms with E-state index in [0.717, 1.165) is 21.3 Å². The van der Waals surface area contributed by atoms with Crippen molar-refractivity contribution in [1.82, 2.24) is 9.88 Å². The zero-order valence-electron chi connectivity index (χ0n) is 17.8. The number of benzene rings is 1. The van der Waals surface area contributed by atoms with Crippen LogP contribution < -0.4 is 5.32 Å². The summed E-state index contributed by atoms with van der Waals surface area (Å²) in [5, 5.41) is 3.40. The molecule has 30 heavy (non-hydrogen) atoms. The minimum Gasteiger partial charge on any atom is -0.300 e. The lowest BCUT2D eigenvalue weighted by molar-refractivity contribution is -0.147. The van der Waals surface area contributed by atoms with E-state index in [1.807, 2.05) is 52.0 Å². The maximum atomic E-state index is 13.3. The second-order valence-electron chi connectivity index (χ2n) is 8.73. The summed E-state index contributed by atoms with van der Waals surface area (Å²) in [6, 6.07) is 3.24. The van der Waals surface area contributed by atoms with E-state index >= 15 is 0 Å². The molecule has 1 fully saturated rings. The lowest BCUT2D eigenvalue weighted by Gasteiger charge is -2.26. The van der Waals surface area contributed by atoms with Crippen molar-refractivity contribution in [1.29, 1.82) is 0 Å². The van der Waals surface area contributed by atoms with E-state index in [1.165, 1.54) is 16.2 Å². The van der Waals surface area contributed by atoms with Crippen molar-refractivity contribution in [2.24, 2.45) is 17.8 Å².